The fourth-order valence-electron chi connectivity index (χ4n) is 0.851. The smallest absolute Gasteiger partial charge is 0.170 e. The maximum Gasteiger partial charge on any atom is 0.330 e. The molecule has 0 heterocycles. The predicted octanol–water partition coefficient (Wildman–Crippen LogP) is 0.296. The van der Waals surface area contributed by atoms with Gasteiger partial charge in [0.2, 0.25) is 0 Å². The van der Waals surface area contributed by atoms with Gasteiger partial charge in [0.15, 0.2) is 0 Å². The van der Waals surface area contributed by atoms with E-state index < -0.39 is 14.6 Å². The normalized spacial score (nSPS) is 14.6. The highest BCUT2D eigenvalue weighted by Gasteiger charge is 2.24. The lowest BCUT2D eigenvalue weighted by molar-refractivity contribution is -0.924. The minimum atomic E-state index is -3.53. The molecule has 0 radical (unpaired) electrons. The molecule has 1 unspecified atom stereocenters. The average Bonchev–Trinajstić information content (AvgIpc) is 2.00. The van der Waals surface area contributed by atoms with Crippen LogP contribution in [0.15, 0.2) is 0 Å². The summed E-state index contributed by atoms with van der Waals surface area (Å²) in [5, 5.41) is 0. The predicted molar refractivity (Wildman–Crippen MR) is 45.9 cm³/mol. The summed E-state index contributed by atoms with van der Waals surface area (Å²) in [4.78, 5) is 0. The topological polar surface area (TPSA) is 38.6 Å². The van der Waals surface area contributed by atoms with Crippen LogP contribution in [0.3, 0.4) is 0 Å². The van der Waals surface area contributed by atoms with E-state index in [-0.39, 0.29) is 12.3 Å². The zero-order chi connectivity index (χ0) is 9.61. The van der Waals surface area contributed by atoms with Crippen LogP contribution in [-0.2, 0) is 10.0 Å². The molecule has 0 aliphatic heterocycles. The number of sulfonamides is 1. The van der Waals surface area contributed by atoms with Gasteiger partial charge in [-0.15, -0.1) is 0 Å². The Labute approximate surface area is 73.6 Å². The molecule has 0 bridgehead atoms. The first-order valence-corrected chi connectivity index (χ1v) is 5.94. The number of nitrogens with one attached hydrogen (secondary N) is 1. The molecule has 0 aliphatic carbocycles. The van der Waals surface area contributed by atoms with E-state index in [1.165, 1.54) is 0 Å². The Morgan fingerprint density at radius 3 is 2.25 bits per heavy atom. The van der Waals surface area contributed by atoms with E-state index in [1.807, 2.05) is 6.92 Å². The molecule has 12 heavy (non-hydrogen) atoms. The molecule has 0 rings (SSSR count). The molecule has 0 saturated carbocycles. The van der Waals surface area contributed by atoms with E-state index in [1.54, 1.807) is 6.92 Å². The van der Waals surface area contributed by atoms with Crippen LogP contribution in [0.1, 0.15) is 33.1 Å². The van der Waals surface area contributed by atoms with Crippen molar-refractivity contribution in [3.05, 3.63) is 0 Å². The summed E-state index contributed by atoms with van der Waals surface area (Å²) >= 11 is 0. The van der Waals surface area contributed by atoms with Crippen molar-refractivity contribution in [3.63, 3.8) is 0 Å². The molecule has 74 valence electrons. The van der Waals surface area contributed by atoms with Crippen molar-refractivity contribution in [2.75, 3.05) is 12.3 Å². The van der Waals surface area contributed by atoms with Gasteiger partial charge in [0.05, 0.1) is 0 Å². The second kappa shape index (κ2) is 5.48. The van der Waals surface area contributed by atoms with Crippen LogP contribution >= 0.6 is 0 Å². The molecule has 0 spiro atoms. The van der Waals surface area contributed by atoms with Crippen LogP contribution in [0.4, 0.5) is 4.48 Å². The summed E-state index contributed by atoms with van der Waals surface area (Å²) in [5.74, 6) is -0.0669. The summed E-state index contributed by atoms with van der Waals surface area (Å²) in [7, 11) is -3.53. The van der Waals surface area contributed by atoms with Gasteiger partial charge in [-0.1, -0.05) is 20.3 Å². The number of hydrogen-bond donors (Lipinski definition) is 1. The quantitative estimate of drug-likeness (QED) is 0.623. The monoisotopic (exact) mass is 198 g/mol. The zero-order valence-electron chi connectivity index (χ0n) is 7.64. The number of hydrogen-bond acceptors (Lipinski definition) is 2. The van der Waals surface area contributed by atoms with Crippen molar-refractivity contribution in [2.24, 2.45) is 0 Å². The third-order valence-electron chi connectivity index (χ3n) is 1.54. The summed E-state index contributed by atoms with van der Waals surface area (Å²) in [5.41, 5.74) is 0. The summed E-state index contributed by atoms with van der Waals surface area (Å²) in [6.07, 6.45) is 1.89. The van der Waals surface area contributed by atoms with E-state index in [4.69, 9.17) is 0 Å². The van der Waals surface area contributed by atoms with Crippen molar-refractivity contribution >= 4 is 10.0 Å². The van der Waals surface area contributed by atoms with Crippen molar-refractivity contribution < 1.29 is 17.4 Å². The van der Waals surface area contributed by atoms with Gasteiger partial charge >= 0.3 is 10.0 Å². The number of rotatable bonds is 6. The molecule has 0 saturated heterocycles. The third kappa shape index (κ3) is 4.01. The number of quaternary nitrogens is 1. The van der Waals surface area contributed by atoms with Gasteiger partial charge in [-0.2, -0.15) is 8.42 Å². The molecular weight excluding hydrogens is 181 g/mol. The Hall–Kier alpha value is -0.160. The molecule has 1 atom stereocenters. The van der Waals surface area contributed by atoms with Gasteiger partial charge in [-0.3, -0.25) is 0 Å². The summed E-state index contributed by atoms with van der Waals surface area (Å²) in [6.45, 7) is 3.70. The Kier molecular flexibility index (Phi) is 5.41. The van der Waals surface area contributed by atoms with Crippen LogP contribution in [0.2, 0.25) is 0 Å². The van der Waals surface area contributed by atoms with E-state index in [2.05, 4.69) is 0 Å². The van der Waals surface area contributed by atoms with Gasteiger partial charge in [0.25, 0.3) is 0 Å². The highest BCUT2D eigenvalue weighted by atomic mass is 32.2. The lowest BCUT2D eigenvalue weighted by Gasteiger charge is -2.05. The third-order valence-corrected chi connectivity index (χ3v) is 3.36. The Balaban J connectivity index is 3.98. The van der Waals surface area contributed by atoms with Crippen LogP contribution in [0.25, 0.3) is 0 Å². The van der Waals surface area contributed by atoms with Gasteiger partial charge < -0.3 is 0 Å². The molecule has 0 aromatic heterocycles. The molecule has 5 heteroatoms. The lowest BCUT2D eigenvalue weighted by atomic mass is 10.3. The largest absolute Gasteiger partial charge is 0.330 e. The average molecular weight is 198 g/mol. The van der Waals surface area contributed by atoms with E-state index in [0.717, 1.165) is 6.42 Å². The minimum Gasteiger partial charge on any atom is -0.170 e. The standard InChI is InChI=1S/C7H16FNO2S/c1-3-5-6-9(8)12(10,11)7-4-2/h3-7H2,1-2H3/p+1. The lowest BCUT2D eigenvalue weighted by Crippen LogP contribution is -3.07. The van der Waals surface area contributed by atoms with Crippen LogP contribution in [-0.4, -0.2) is 20.7 Å². The van der Waals surface area contributed by atoms with Crippen LogP contribution in [0, 0.1) is 0 Å². The molecule has 0 aromatic carbocycles. The molecule has 0 fully saturated rings. The molecular formula is C7H17FNO2S+. The Morgan fingerprint density at radius 2 is 1.83 bits per heavy atom. The van der Waals surface area contributed by atoms with Gasteiger partial charge in [0, 0.05) is 10.9 Å². The van der Waals surface area contributed by atoms with E-state index >= 15 is 0 Å². The van der Waals surface area contributed by atoms with Gasteiger partial charge in [0.1, 0.15) is 12.3 Å². The maximum absolute atomic E-state index is 12.9. The SMILES string of the molecule is CCCC[NH+](F)S(=O)(=O)CCC. The molecule has 0 aliphatic rings. The Bertz CT molecular complexity index is 203. The minimum absolute atomic E-state index is 0.0669. The second-order valence-electron chi connectivity index (χ2n) is 2.78. The Morgan fingerprint density at radius 1 is 1.25 bits per heavy atom. The van der Waals surface area contributed by atoms with E-state index in [0.29, 0.717) is 12.8 Å². The highest BCUT2D eigenvalue weighted by molar-refractivity contribution is 7.84. The van der Waals surface area contributed by atoms with Crippen LogP contribution < -0.4 is 4.53 Å². The highest BCUT2D eigenvalue weighted by Crippen LogP contribution is 1.86. The van der Waals surface area contributed by atoms with Gasteiger partial charge in [-0.25, -0.2) is 0 Å². The van der Waals surface area contributed by atoms with Crippen molar-refractivity contribution in [1.29, 1.82) is 0 Å². The van der Waals surface area contributed by atoms with Crippen molar-refractivity contribution in [1.82, 2.24) is 0 Å². The van der Waals surface area contributed by atoms with Crippen molar-refractivity contribution in [2.45, 2.75) is 33.1 Å². The van der Waals surface area contributed by atoms with Crippen molar-refractivity contribution in [3.8, 4) is 0 Å². The van der Waals surface area contributed by atoms with Crippen LogP contribution in [0.5, 0.6) is 0 Å². The molecule has 1 N–H and O–H groups in total. The van der Waals surface area contributed by atoms with E-state index in [9.17, 15) is 12.9 Å². The first-order chi connectivity index (χ1) is 5.54. The molecule has 3 nitrogen and oxygen atoms in total. The summed E-state index contributed by atoms with van der Waals surface area (Å²) < 4.78 is 34.1. The second-order valence-corrected chi connectivity index (χ2v) is 4.86. The molecule has 0 amide bonds. The maximum atomic E-state index is 12.9. The fraction of sp³-hybridized carbons (Fsp3) is 1.00. The zero-order valence-corrected chi connectivity index (χ0v) is 8.45. The molecule has 0 aromatic rings. The first kappa shape index (κ1) is 11.8. The fourth-order valence-corrected chi connectivity index (χ4v) is 2.07. The number of unbranched alkanes of at least 4 members (excludes halogenated alkanes) is 1. The number of halogens is 1. The summed E-state index contributed by atoms with van der Waals surface area (Å²) in [6, 6.07) is 0. The van der Waals surface area contributed by atoms with Gasteiger partial charge in [-0.05, 0) is 10.9 Å². The first-order valence-electron chi connectivity index (χ1n) is 4.28.